The van der Waals surface area contributed by atoms with Crippen molar-refractivity contribution in [3.63, 3.8) is 0 Å². The second-order valence-corrected chi connectivity index (χ2v) is 6.54. The summed E-state index contributed by atoms with van der Waals surface area (Å²) in [7, 11) is 0. The molecular formula is C19H21FN2O4. The van der Waals surface area contributed by atoms with Crippen LogP contribution in [0.5, 0.6) is 0 Å². The van der Waals surface area contributed by atoms with Crippen LogP contribution in [0.2, 0.25) is 0 Å². The predicted molar refractivity (Wildman–Crippen MR) is 91.8 cm³/mol. The van der Waals surface area contributed by atoms with Crippen molar-refractivity contribution in [3.8, 4) is 0 Å². The molecule has 1 aliphatic rings. The normalized spacial score (nSPS) is 28.5. The molecule has 2 heterocycles. The number of ether oxygens (including phenoxy) is 1. The SMILES string of the molecule is C[C@H]1O[C@@H](c2cccc(F)c2)C[C@@](O)(CNC(=O)c2ccccn2)[C@@H]1O. The molecule has 3 rings (SSSR count). The van der Waals surface area contributed by atoms with Crippen LogP contribution in [0.3, 0.4) is 0 Å². The van der Waals surface area contributed by atoms with E-state index in [4.69, 9.17) is 4.74 Å². The Balaban J connectivity index is 1.74. The Kier molecular flexibility index (Phi) is 5.31. The highest BCUT2D eigenvalue weighted by molar-refractivity contribution is 5.92. The average molecular weight is 360 g/mol. The van der Waals surface area contributed by atoms with Crippen LogP contribution in [-0.2, 0) is 4.74 Å². The van der Waals surface area contributed by atoms with Crippen molar-refractivity contribution >= 4 is 5.91 Å². The van der Waals surface area contributed by atoms with Crippen LogP contribution in [0, 0.1) is 5.82 Å². The molecule has 0 aliphatic carbocycles. The van der Waals surface area contributed by atoms with Gasteiger partial charge in [-0.25, -0.2) is 4.39 Å². The summed E-state index contributed by atoms with van der Waals surface area (Å²) in [5.41, 5.74) is -0.829. The smallest absolute Gasteiger partial charge is 0.269 e. The first-order chi connectivity index (χ1) is 12.4. The third kappa shape index (κ3) is 3.90. The fourth-order valence-electron chi connectivity index (χ4n) is 3.16. The number of halogens is 1. The van der Waals surface area contributed by atoms with Gasteiger partial charge in [-0.15, -0.1) is 0 Å². The Morgan fingerprint density at radius 3 is 2.88 bits per heavy atom. The summed E-state index contributed by atoms with van der Waals surface area (Å²) >= 11 is 0. The van der Waals surface area contributed by atoms with Gasteiger partial charge in [0.25, 0.3) is 5.91 Å². The summed E-state index contributed by atoms with van der Waals surface area (Å²) in [6.45, 7) is 1.45. The van der Waals surface area contributed by atoms with Gasteiger partial charge < -0.3 is 20.3 Å². The van der Waals surface area contributed by atoms with Crippen LogP contribution < -0.4 is 5.32 Å². The highest BCUT2D eigenvalue weighted by Crippen LogP contribution is 2.37. The predicted octanol–water partition coefficient (Wildman–Crippen LogP) is 1.59. The third-order valence-electron chi connectivity index (χ3n) is 4.59. The fourth-order valence-corrected chi connectivity index (χ4v) is 3.16. The van der Waals surface area contributed by atoms with E-state index in [1.165, 1.54) is 18.3 Å². The lowest BCUT2D eigenvalue weighted by molar-refractivity contribution is -0.210. The lowest BCUT2D eigenvalue weighted by Gasteiger charge is -2.44. The number of carbonyl (C=O) groups is 1. The van der Waals surface area contributed by atoms with Crippen LogP contribution in [0.25, 0.3) is 0 Å². The number of aromatic nitrogens is 1. The second kappa shape index (κ2) is 7.49. The number of aliphatic hydroxyl groups excluding tert-OH is 1. The van der Waals surface area contributed by atoms with Gasteiger partial charge in [0.1, 0.15) is 23.2 Å². The lowest BCUT2D eigenvalue weighted by atomic mass is 9.82. The first kappa shape index (κ1) is 18.4. The average Bonchev–Trinajstić information content (AvgIpc) is 2.65. The zero-order valence-electron chi connectivity index (χ0n) is 14.3. The zero-order chi connectivity index (χ0) is 18.7. The molecule has 1 saturated heterocycles. The Morgan fingerprint density at radius 2 is 2.19 bits per heavy atom. The molecule has 1 fully saturated rings. The Morgan fingerprint density at radius 1 is 1.38 bits per heavy atom. The molecule has 26 heavy (non-hydrogen) atoms. The van der Waals surface area contributed by atoms with Gasteiger partial charge in [0.05, 0.1) is 12.2 Å². The number of hydrogen-bond donors (Lipinski definition) is 3. The van der Waals surface area contributed by atoms with Gasteiger partial charge in [-0.05, 0) is 36.8 Å². The first-order valence-electron chi connectivity index (χ1n) is 8.40. The van der Waals surface area contributed by atoms with Crippen molar-refractivity contribution in [2.75, 3.05) is 6.54 Å². The molecule has 2 aromatic rings. The molecular weight excluding hydrogens is 339 g/mol. The van der Waals surface area contributed by atoms with Crippen LogP contribution in [0.15, 0.2) is 48.7 Å². The van der Waals surface area contributed by atoms with E-state index in [-0.39, 0.29) is 18.7 Å². The van der Waals surface area contributed by atoms with Crippen molar-refractivity contribution < 1.29 is 24.1 Å². The summed E-state index contributed by atoms with van der Waals surface area (Å²) in [4.78, 5) is 16.1. The van der Waals surface area contributed by atoms with Gasteiger partial charge in [-0.2, -0.15) is 0 Å². The minimum absolute atomic E-state index is 0.0183. The quantitative estimate of drug-likeness (QED) is 0.770. The van der Waals surface area contributed by atoms with E-state index in [0.717, 1.165) is 0 Å². The molecule has 1 aromatic heterocycles. The molecule has 7 heteroatoms. The summed E-state index contributed by atoms with van der Waals surface area (Å²) in [6.07, 6.45) is -0.967. The van der Waals surface area contributed by atoms with E-state index < -0.39 is 35.6 Å². The highest BCUT2D eigenvalue weighted by Gasteiger charge is 2.47. The van der Waals surface area contributed by atoms with Gasteiger partial charge in [-0.1, -0.05) is 18.2 Å². The van der Waals surface area contributed by atoms with E-state index >= 15 is 0 Å². The molecule has 4 atom stereocenters. The summed E-state index contributed by atoms with van der Waals surface area (Å²) in [5, 5.41) is 23.9. The first-order valence-corrected chi connectivity index (χ1v) is 8.40. The summed E-state index contributed by atoms with van der Waals surface area (Å²) < 4.78 is 19.2. The van der Waals surface area contributed by atoms with Gasteiger partial charge in [0.2, 0.25) is 0 Å². The number of pyridine rings is 1. The van der Waals surface area contributed by atoms with Crippen molar-refractivity contribution in [2.24, 2.45) is 0 Å². The van der Waals surface area contributed by atoms with Crippen LogP contribution >= 0.6 is 0 Å². The maximum absolute atomic E-state index is 13.5. The van der Waals surface area contributed by atoms with Crippen molar-refractivity contribution in [3.05, 3.63) is 65.7 Å². The van der Waals surface area contributed by atoms with Crippen LogP contribution in [0.1, 0.15) is 35.5 Å². The van der Waals surface area contributed by atoms with E-state index in [9.17, 15) is 19.4 Å². The molecule has 3 N–H and O–H groups in total. The van der Waals surface area contributed by atoms with Gasteiger partial charge >= 0.3 is 0 Å². The second-order valence-electron chi connectivity index (χ2n) is 6.54. The van der Waals surface area contributed by atoms with Crippen LogP contribution in [0.4, 0.5) is 4.39 Å². The Hall–Kier alpha value is -2.35. The molecule has 0 saturated carbocycles. The largest absolute Gasteiger partial charge is 0.387 e. The topological polar surface area (TPSA) is 91.7 Å². The number of carbonyl (C=O) groups excluding carboxylic acids is 1. The minimum Gasteiger partial charge on any atom is -0.387 e. The number of nitrogens with one attached hydrogen (secondary N) is 1. The molecule has 0 unspecified atom stereocenters. The zero-order valence-corrected chi connectivity index (χ0v) is 14.3. The standard InChI is InChI=1S/C19H21FN2O4/c1-12-17(23)19(25,11-22-18(24)15-7-2-3-8-21-15)10-16(26-12)13-5-4-6-14(20)9-13/h2-9,12,16-17,23,25H,10-11H2,1H3,(H,22,24)/t12-,16-,17-,19-/m1/s1. The van der Waals surface area contributed by atoms with Crippen molar-refractivity contribution in [2.45, 2.75) is 37.3 Å². The fraction of sp³-hybridized carbons (Fsp3) is 0.368. The summed E-state index contributed by atoms with van der Waals surface area (Å²) in [5.74, 6) is -0.857. The molecule has 138 valence electrons. The van der Waals surface area contributed by atoms with Gasteiger partial charge in [0.15, 0.2) is 0 Å². The Labute approximate surface area is 150 Å². The number of benzene rings is 1. The van der Waals surface area contributed by atoms with E-state index in [1.807, 2.05) is 0 Å². The third-order valence-corrected chi connectivity index (χ3v) is 4.59. The molecule has 1 aromatic carbocycles. The van der Waals surface area contributed by atoms with Gasteiger partial charge in [-0.3, -0.25) is 9.78 Å². The van der Waals surface area contributed by atoms with Crippen molar-refractivity contribution in [1.82, 2.24) is 10.3 Å². The van der Waals surface area contributed by atoms with E-state index in [0.29, 0.717) is 5.56 Å². The molecule has 1 amide bonds. The number of hydrogen-bond acceptors (Lipinski definition) is 5. The molecule has 0 radical (unpaired) electrons. The molecule has 6 nitrogen and oxygen atoms in total. The summed E-state index contributed by atoms with van der Waals surface area (Å²) in [6, 6.07) is 10.8. The van der Waals surface area contributed by atoms with Crippen molar-refractivity contribution in [1.29, 1.82) is 0 Å². The monoisotopic (exact) mass is 360 g/mol. The van der Waals surface area contributed by atoms with Crippen LogP contribution in [-0.4, -0.2) is 45.5 Å². The number of aliphatic hydroxyl groups is 2. The number of amides is 1. The molecule has 0 bridgehead atoms. The maximum atomic E-state index is 13.5. The lowest BCUT2D eigenvalue weighted by Crippen LogP contribution is -2.59. The number of rotatable bonds is 4. The minimum atomic E-state index is -1.61. The van der Waals surface area contributed by atoms with E-state index in [1.54, 1.807) is 37.3 Å². The van der Waals surface area contributed by atoms with Gasteiger partial charge in [0, 0.05) is 19.2 Å². The maximum Gasteiger partial charge on any atom is 0.269 e. The highest BCUT2D eigenvalue weighted by atomic mass is 19.1. The number of nitrogens with zero attached hydrogens (tertiary/aromatic N) is 1. The molecule has 1 aliphatic heterocycles. The van der Waals surface area contributed by atoms with E-state index in [2.05, 4.69) is 10.3 Å². The molecule has 0 spiro atoms. The Bertz CT molecular complexity index is 773.